The Labute approximate surface area is 94.2 Å². The topological polar surface area (TPSA) is 58.6 Å². The molecule has 1 saturated heterocycles. The molecule has 86 valence electrons. The highest BCUT2D eigenvalue weighted by Crippen LogP contribution is 2.14. The predicted molar refractivity (Wildman–Crippen MR) is 59.1 cm³/mol. The van der Waals surface area contributed by atoms with Gasteiger partial charge in [0.25, 0.3) is 0 Å². The van der Waals surface area contributed by atoms with Crippen molar-refractivity contribution in [2.45, 2.75) is 25.2 Å². The van der Waals surface area contributed by atoms with Crippen LogP contribution in [-0.2, 0) is 16.1 Å². The van der Waals surface area contributed by atoms with E-state index in [0.717, 1.165) is 12.0 Å². The van der Waals surface area contributed by atoms with Gasteiger partial charge >= 0.3 is 5.97 Å². The van der Waals surface area contributed by atoms with Crippen LogP contribution in [0.5, 0.6) is 0 Å². The minimum Gasteiger partial charge on any atom is -0.480 e. The van der Waals surface area contributed by atoms with Crippen LogP contribution in [0.15, 0.2) is 30.3 Å². The number of ether oxygens (including phenoxy) is 1. The van der Waals surface area contributed by atoms with E-state index in [1.807, 2.05) is 30.3 Å². The first-order valence-corrected chi connectivity index (χ1v) is 5.39. The van der Waals surface area contributed by atoms with Gasteiger partial charge in [-0.15, -0.1) is 0 Å². The smallest absolute Gasteiger partial charge is 0.323 e. The zero-order valence-electron chi connectivity index (χ0n) is 8.93. The van der Waals surface area contributed by atoms with Crippen molar-refractivity contribution in [1.29, 1.82) is 0 Å². The molecule has 0 spiro atoms. The summed E-state index contributed by atoms with van der Waals surface area (Å²) >= 11 is 0. The lowest BCUT2D eigenvalue weighted by Crippen LogP contribution is -2.39. The van der Waals surface area contributed by atoms with E-state index in [1.54, 1.807) is 0 Å². The summed E-state index contributed by atoms with van der Waals surface area (Å²) in [4.78, 5) is 10.9. The Balaban J connectivity index is 1.88. The molecule has 4 nitrogen and oxygen atoms in total. The molecule has 0 radical (unpaired) electrons. The van der Waals surface area contributed by atoms with E-state index in [0.29, 0.717) is 13.2 Å². The molecule has 0 aromatic heterocycles. The van der Waals surface area contributed by atoms with E-state index >= 15 is 0 Å². The average molecular weight is 221 g/mol. The number of carbonyl (C=O) groups is 1. The number of benzene rings is 1. The second-order valence-corrected chi connectivity index (χ2v) is 3.89. The van der Waals surface area contributed by atoms with Crippen molar-refractivity contribution in [3.8, 4) is 0 Å². The first kappa shape index (κ1) is 11.1. The molecule has 1 fully saturated rings. The highest BCUT2D eigenvalue weighted by Gasteiger charge is 2.33. The summed E-state index contributed by atoms with van der Waals surface area (Å²) in [6, 6.07) is 9.21. The Morgan fingerprint density at radius 2 is 2.19 bits per heavy atom. The van der Waals surface area contributed by atoms with Gasteiger partial charge in [-0.1, -0.05) is 30.3 Å². The molecule has 2 N–H and O–H groups in total. The van der Waals surface area contributed by atoms with E-state index in [-0.39, 0.29) is 6.10 Å². The van der Waals surface area contributed by atoms with Crippen molar-refractivity contribution in [2.75, 3.05) is 6.54 Å². The van der Waals surface area contributed by atoms with E-state index in [1.165, 1.54) is 0 Å². The van der Waals surface area contributed by atoms with Crippen LogP contribution >= 0.6 is 0 Å². The number of hydrogen-bond acceptors (Lipinski definition) is 3. The van der Waals surface area contributed by atoms with Gasteiger partial charge in [0.05, 0.1) is 12.7 Å². The summed E-state index contributed by atoms with van der Waals surface area (Å²) in [7, 11) is 0. The molecule has 1 aromatic carbocycles. The van der Waals surface area contributed by atoms with Crippen molar-refractivity contribution >= 4 is 5.97 Å². The third-order valence-corrected chi connectivity index (χ3v) is 2.74. The Morgan fingerprint density at radius 3 is 2.88 bits per heavy atom. The van der Waals surface area contributed by atoms with Gasteiger partial charge in [-0.25, -0.2) is 0 Å². The van der Waals surface area contributed by atoms with Crippen molar-refractivity contribution < 1.29 is 14.6 Å². The second-order valence-electron chi connectivity index (χ2n) is 3.89. The normalized spacial score (nSPS) is 24.5. The lowest BCUT2D eigenvalue weighted by molar-refractivity contribution is -0.142. The summed E-state index contributed by atoms with van der Waals surface area (Å²) < 4.78 is 5.62. The maximum absolute atomic E-state index is 10.9. The molecule has 0 unspecified atom stereocenters. The number of nitrogens with one attached hydrogen (secondary N) is 1. The summed E-state index contributed by atoms with van der Waals surface area (Å²) in [5.41, 5.74) is 1.07. The summed E-state index contributed by atoms with van der Waals surface area (Å²) in [6.07, 6.45) is 0.529. The fourth-order valence-electron chi connectivity index (χ4n) is 1.88. The van der Waals surface area contributed by atoms with Gasteiger partial charge in [0, 0.05) is 0 Å². The monoisotopic (exact) mass is 221 g/mol. The highest BCUT2D eigenvalue weighted by atomic mass is 16.5. The summed E-state index contributed by atoms with van der Waals surface area (Å²) in [5, 5.41) is 11.9. The van der Waals surface area contributed by atoms with Gasteiger partial charge in [-0.3, -0.25) is 4.79 Å². The van der Waals surface area contributed by atoms with Crippen LogP contribution in [0.2, 0.25) is 0 Å². The third kappa shape index (κ3) is 2.59. The maximum Gasteiger partial charge on any atom is 0.323 e. The van der Waals surface area contributed by atoms with Gasteiger partial charge in [-0.05, 0) is 18.5 Å². The van der Waals surface area contributed by atoms with Crippen molar-refractivity contribution in [1.82, 2.24) is 5.32 Å². The van der Waals surface area contributed by atoms with Crippen LogP contribution in [0, 0.1) is 0 Å². The molecule has 16 heavy (non-hydrogen) atoms. The fraction of sp³-hybridized carbons (Fsp3) is 0.417. The van der Waals surface area contributed by atoms with Crippen molar-refractivity contribution in [3.05, 3.63) is 35.9 Å². The molecule has 4 heteroatoms. The quantitative estimate of drug-likeness (QED) is 0.797. The molecule has 1 heterocycles. The first-order valence-electron chi connectivity index (χ1n) is 5.39. The van der Waals surface area contributed by atoms with Crippen LogP contribution in [-0.4, -0.2) is 29.8 Å². The van der Waals surface area contributed by atoms with Crippen LogP contribution < -0.4 is 5.32 Å². The molecule has 0 amide bonds. The van der Waals surface area contributed by atoms with Gasteiger partial charge in [-0.2, -0.15) is 0 Å². The van der Waals surface area contributed by atoms with Gasteiger partial charge in [0.2, 0.25) is 0 Å². The zero-order chi connectivity index (χ0) is 11.4. The van der Waals surface area contributed by atoms with Gasteiger partial charge in [0.1, 0.15) is 6.04 Å². The Hall–Kier alpha value is -1.39. The fourth-order valence-corrected chi connectivity index (χ4v) is 1.88. The first-order chi connectivity index (χ1) is 7.77. The predicted octanol–water partition coefficient (Wildman–Crippen LogP) is 1.02. The lowest BCUT2D eigenvalue weighted by atomic mass is 10.1. The lowest BCUT2D eigenvalue weighted by Gasteiger charge is -2.16. The largest absolute Gasteiger partial charge is 0.480 e. The number of rotatable bonds is 4. The highest BCUT2D eigenvalue weighted by molar-refractivity contribution is 5.74. The molecule has 0 bridgehead atoms. The molecule has 1 aromatic rings. The zero-order valence-corrected chi connectivity index (χ0v) is 8.93. The molecule has 2 atom stereocenters. The summed E-state index contributed by atoms with van der Waals surface area (Å²) in [5.74, 6) is -0.837. The molecule has 0 aliphatic carbocycles. The van der Waals surface area contributed by atoms with E-state index in [4.69, 9.17) is 9.84 Å². The molecule has 0 saturated carbocycles. The van der Waals surface area contributed by atoms with Gasteiger partial charge < -0.3 is 15.2 Å². The van der Waals surface area contributed by atoms with Gasteiger partial charge in [0.15, 0.2) is 0 Å². The summed E-state index contributed by atoms with van der Waals surface area (Å²) in [6.45, 7) is 1.17. The van der Waals surface area contributed by atoms with E-state index in [2.05, 4.69) is 5.32 Å². The third-order valence-electron chi connectivity index (χ3n) is 2.74. The number of carboxylic acid groups (broad SMARTS) is 1. The Kier molecular flexibility index (Phi) is 3.54. The van der Waals surface area contributed by atoms with Crippen molar-refractivity contribution in [2.24, 2.45) is 0 Å². The Morgan fingerprint density at radius 1 is 1.44 bits per heavy atom. The standard InChI is InChI=1S/C12H15NO3/c14-12(15)11-10(6-7-13-11)16-8-9-4-2-1-3-5-9/h1-5,10-11,13H,6-8H2,(H,14,15)/t10-,11-/m0/s1. The van der Waals surface area contributed by atoms with E-state index in [9.17, 15) is 4.79 Å². The number of aliphatic carboxylic acids is 1. The van der Waals surface area contributed by atoms with Crippen LogP contribution in [0.25, 0.3) is 0 Å². The number of hydrogen-bond donors (Lipinski definition) is 2. The molecule has 2 rings (SSSR count). The number of carboxylic acids is 1. The molecule has 1 aliphatic heterocycles. The van der Waals surface area contributed by atoms with Crippen LogP contribution in [0.4, 0.5) is 0 Å². The van der Waals surface area contributed by atoms with Crippen molar-refractivity contribution in [3.63, 3.8) is 0 Å². The minimum atomic E-state index is -0.837. The Bertz CT molecular complexity index is 353. The van der Waals surface area contributed by atoms with Crippen LogP contribution in [0.3, 0.4) is 0 Å². The SMILES string of the molecule is O=C(O)[C@H]1NCC[C@@H]1OCc1ccccc1. The van der Waals surface area contributed by atoms with E-state index < -0.39 is 12.0 Å². The molecule has 1 aliphatic rings. The van der Waals surface area contributed by atoms with Crippen LogP contribution in [0.1, 0.15) is 12.0 Å². The maximum atomic E-state index is 10.9. The molecular formula is C12H15NO3. The molecular weight excluding hydrogens is 206 g/mol. The second kappa shape index (κ2) is 5.09. The minimum absolute atomic E-state index is 0.224. The average Bonchev–Trinajstić information content (AvgIpc) is 2.76.